The Labute approximate surface area is 109 Å². The second-order valence-corrected chi connectivity index (χ2v) is 6.68. The molecule has 1 nitrogen and oxygen atoms in total. The lowest BCUT2D eigenvalue weighted by atomic mass is 9.80. The molecule has 0 saturated heterocycles. The monoisotopic (exact) mass is 239 g/mol. The molecule has 0 aromatic heterocycles. The fourth-order valence-corrected chi connectivity index (χ4v) is 3.48. The van der Waals surface area contributed by atoms with Crippen LogP contribution in [0.2, 0.25) is 0 Å². The van der Waals surface area contributed by atoms with Crippen molar-refractivity contribution < 1.29 is 0 Å². The van der Waals surface area contributed by atoms with Crippen LogP contribution < -0.4 is 5.73 Å². The maximum Gasteiger partial charge on any atom is 0.0157 e. The van der Waals surface area contributed by atoms with Gasteiger partial charge < -0.3 is 5.73 Å². The average Bonchev–Trinajstić information content (AvgIpc) is 2.48. The Hall–Kier alpha value is -0.0400. The molecule has 0 aromatic rings. The zero-order valence-electron chi connectivity index (χ0n) is 12.5. The lowest BCUT2D eigenvalue weighted by Crippen LogP contribution is -2.41. The second kappa shape index (κ2) is 6.78. The van der Waals surface area contributed by atoms with Crippen LogP contribution in [0.5, 0.6) is 0 Å². The molecule has 1 fully saturated rings. The molecule has 1 aliphatic carbocycles. The van der Waals surface area contributed by atoms with Crippen molar-refractivity contribution in [2.45, 2.75) is 84.6 Å². The van der Waals surface area contributed by atoms with Gasteiger partial charge in [-0.2, -0.15) is 0 Å². The van der Waals surface area contributed by atoms with Gasteiger partial charge in [-0.25, -0.2) is 0 Å². The van der Waals surface area contributed by atoms with Crippen LogP contribution in [0.15, 0.2) is 0 Å². The van der Waals surface area contributed by atoms with Crippen LogP contribution in [-0.4, -0.2) is 5.54 Å². The normalized spacial score (nSPS) is 30.9. The minimum atomic E-state index is 0.153. The van der Waals surface area contributed by atoms with E-state index in [1.165, 1.54) is 51.4 Å². The summed E-state index contributed by atoms with van der Waals surface area (Å²) in [6, 6.07) is 0. The topological polar surface area (TPSA) is 26.0 Å². The van der Waals surface area contributed by atoms with Crippen molar-refractivity contribution in [3.05, 3.63) is 0 Å². The highest BCUT2D eigenvalue weighted by atomic mass is 14.7. The van der Waals surface area contributed by atoms with Gasteiger partial charge in [-0.1, -0.05) is 53.4 Å². The predicted molar refractivity (Wildman–Crippen MR) is 77.0 cm³/mol. The molecule has 0 spiro atoms. The Kier molecular flexibility index (Phi) is 5.99. The van der Waals surface area contributed by atoms with Gasteiger partial charge >= 0.3 is 0 Å². The Morgan fingerprint density at radius 2 is 1.76 bits per heavy atom. The van der Waals surface area contributed by atoms with E-state index in [-0.39, 0.29) is 5.54 Å². The summed E-state index contributed by atoms with van der Waals surface area (Å²) in [6.45, 7) is 9.36. The lowest BCUT2D eigenvalue weighted by Gasteiger charge is -2.32. The molecule has 1 heteroatoms. The third-order valence-corrected chi connectivity index (χ3v) is 5.06. The fourth-order valence-electron chi connectivity index (χ4n) is 3.48. The molecular weight excluding hydrogens is 206 g/mol. The second-order valence-electron chi connectivity index (χ2n) is 6.68. The van der Waals surface area contributed by atoms with Gasteiger partial charge in [0.15, 0.2) is 0 Å². The highest BCUT2D eigenvalue weighted by Crippen LogP contribution is 2.36. The summed E-state index contributed by atoms with van der Waals surface area (Å²) >= 11 is 0. The zero-order chi connectivity index (χ0) is 12.9. The van der Waals surface area contributed by atoms with Crippen LogP contribution >= 0.6 is 0 Å². The number of nitrogens with two attached hydrogens (primary N) is 1. The summed E-state index contributed by atoms with van der Waals surface area (Å²) in [7, 11) is 0. The van der Waals surface area contributed by atoms with Crippen molar-refractivity contribution >= 4 is 0 Å². The summed E-state index contributed by atoms with van der Waals surface area (Å²) in [4.78, 5) is 0. The van der Waals surface area contributed by atoms with Crippen molar-refractivity contribution in [3.63, 3.8) is 0 Å². The van der Waals surface area contributed by atoms with E-state index in [1.807, 2.05) is 0 Å². The first-order valence-electron chi connectivity index (χ1n) is 7.79. The van der Waals surface area contributed by atoms with E-state index >= 15 is 0 Å². The summed E-state index contributed by atoms with van der Waals surface area (Å²) in [5.74, 6) is 2.60. The molecule has 1 aliphatic rings. The van der Waals surface area contributed by atoms with Crippen molar-refractivity contribution in [2.24, 2.45) is 23.5 Å². The molecule has 1 saturated carbocycles. The summed E-state index contributed by atoms with van der Waals surface area (Å²) < 4.78 is 0. The van der Waals surface area contributed by atoms with Gasteiger partial charge in [-0.15, -0.1) is 0 Å². The van der Waals surface area contributed by atoms with Crippen LogP contribution in [0, 0.1) is 17.8 Å². The third-order valence-electron chi connectivity index (χ3n) is 5.06. The minimum absolute atomic E-state index is 0.153. The quantitative estimate of drug-likeness (QED) is 0.689. The van der Waals surface area contributed by atoms with Crippen LogP contribution in [0.3, 0.4) is 0 Å². The average molecular weight is 239 g/mol. The van der Waals surface area contributed by atoms with E-state index in [0.29, 0.717) is 0 Å². The first-order valence-corrected chi connectivity index (χ1v) is 7.79. The molecule has 2 atom stereocenters. The molecule has 17 heavy (non-hydrogen) atoms. The van der Waals surface area contributed by atoms with Crippen LogP contribution in [0.4, 0.5) is 0 Å². The molecule has 0 radical (unpaired) electrons. The number of hydrogen-bond acceptors (Lipinski definition) is 1. The lowest BCUT2D eigenvalue weighted by molar-refractivity contribution is 0.264. The van der Waals surface area contributed by atoms with Crippen LogP contribution in [-0.2, 0) is 0 Å². The van der Waals surface area contributed by atoms with Gasteiger partial charge in [0.05, 0.1) is 0 Å². The van der Waals surface area contributed by atoms with E-state index in [9.17, 15) is 0 Å². The number of rotatable bonds is 5. The minimum Gasteiger partial charge on any atom is -0.325 e. The Bertz CT molecular complexity index is 208. The smallest absolute Gasteiger partial charge is 0.0157 e. The first kappa shape index (κ1) is 15.0. The predicted octanol–water partition coefficient (Wildman–Crippen LogP) is 4.75. The first-order chi connectivity index (χ1) is 8.00. The van der Waals surface area contributed by atoms with Gasteiger partial charge in [-0.3, -0.25) is 0 Å². The standard InChI is InChI=1S/C16H33N/c1-5-14(6-2)12-16(17)10-7-8-15(9-11-16)13(3)4/h13-15H,5-12,17H2,1-4H3. The van der Waals surface area contributed by atoms with E-state index < -0.39 is 0 Å². The highest BCUT2D eigenvalue weighted by Gasteiger charge is 2.31. The van der Waals surface area contributed by atoms with Gasteiger partial charge in [0.25, 0.3) is 0 Å². The zero-order valence-corrected chi connectivity index (χ0v) is 12.5. The Balaban J connectivity index is 2.53. The van der Waals surface area contributed by atoms with Gasteiger partial charge in [-0.05, 0) is 43.4 Å². The molecule has 2 unspecified atom stereocenters. The van der Waals surface area contributed by atoms with E-state index in [4.69, 9.17) is 5.73 Å². The van der Waals surface area contributed by atoms with Crippen molar-refractivity contribution in [3.8, 4) is 0 Å². The van der Waals surface area contributed by atoms with Crippen LogP contribution in [0.25, 0.3) is 0 Å². The Morgan fingerprint density at radius 1 is 1.12 bits per heavy atom. The van der Waals surface area contributed by atoms with Gasteiger partial charge in [0.2, 0.25) is 0 Å². The summed E-state index contributed by atoms with van der Waals surface area (Å²) in [6.07, 6.45) is 10.5. The van der Waals surface area contributed by atoms with E-state index in [1.54, 1.807) is 0 Å². The summed E-state index contributed by atoms with van der Waals surface area (Å²) in [5, 5.41) is 0. The van der Waals surface area contributed by atoms with Crippen molar-refractivity contribution in [2.75, 3.05) is 0 Å². The highest BCUT2D eigenvalue weighted by molar-refractivity contribution is 4.89. The maximum atomic E-state index is 6.67. The maximum absolute atomic E-state index is 6.67. The fraction of sp³-hybridized carbons (Fsp3) is 1.00. The summed E-state index contributed by atoms with van der Waals surface area (Å²) in [5.41, 5.74) is 6.83. The molecule has 2 N–H and O–H groups in total. The van der Waals surface area contributed by atoms with Crippen molar-refractivity contribution in [1.29, 1.82) is 0 Å². The largest absolute Gasteiger partial charge is 0.325 e. The molecule has 0 heterocycles. The SMILES string of the molecule is CCC(CC)CC1(N)CCCC(C(C)C)CC1. The molecule has 0 aliphatic heterocycles. The molecular formula is C16H33N. The van der Waals surface area contributed by atoms with Crippen LogP contribution in [0.1, 0.15) is 79.1 Å². The Morgan fingerprint density at radius 3 is 2.29 bits per heavy atom. The van der Waals surface area contributed by atoms with Gasteiger partial charge in [0, 0.05) is 5.54 Å². The molecule has 0 amide bonds. The van der Waals surface area contributed by atoms with E-state index in [2.05, 4.69) is 27.7 Å². The molecule has 0 bridgehead atoms. The van der Waals surface area contributed by atoms with E-state index in [0.717, 1.165) is 17.8 Å². The molecule has 0 aromatic carbocycles. The van der Waals surface area contributed by atoms with Gasteiger partial charge in [0.1, 0.15) is 0 Å². The number of hydrogen-bond donors (Lipinski definition) is 1. The molecule has 1 rings (SSSR count). The third kappa shape index (κ3) is 4.62. The molecule has 102 valence electrons. The van der Waals surface area contributed by atoms with Crippen molar-refractivity contribution in [1.82, 2.24) is 0 Å².